The standard InChI is InChI=1S/C15H22ClFN2/c1-15(2,3)19-8-6-18(7-9-19)14-5-4-12(11-16)10-13(14)17/h4-5,10H,6-9,11H2,1-3H3. The first-order chi connectivity index (χ1) is 8.91. The van der Waals surface area contributed by atoms with E-state index in [1.54, 1.807) is 6.07 Å². The molecule has 4 heteroatoms. The van der Waals surface area contributed by atoms with Crippen LogP contribution in [0.5, 0.6) is 0 Å². The molecule has 19 heavy (non-hydrogen) atoms. The van der Waals surface area contributed by atoms with Crippen LogP contribution in [0.25, 0.3) is 0 Å². The third-order valence-corrected chi connectivity index (χ3v) is 4.04. The Morgan fingerprint density at radius 3 is 2.26 bits per heavy atom. The molecule has 0 amide bonds. The number of rotatable bonds is 2. The van der Waals surface area contributed by atoms with E-state index in [4.69, 9.17) is 11.6 Å². The van der Waals surface area contributed by atoms with Gasteiger partial charge in [0.05, 0.1) is 5.69 Å². The van der Waals surface area contributed by atoms with E-state index in [9.17, 15) is 4.39 Å². The fourth-order valence-corrected chi connectivity index (χ4v) is 2.67. The van der Waals surface area contributed by atoms with E-state index in [0.717, 1.165) is 31.7 Å². The number of piperazine rings is 1. The molecule has 0 unspecified atom stereocenters. The molecule has 1 aromatic carbocycles. The van der Waals surface area contributed by atoms with E-state index in [1.165, 1.54) is 0 Å². The Morgan fingerprint density at radius 1 is 1.16 bits per heavy atom. The highest BCUT2D eigenvalue weighted by atomic mass is 35.5. The SMILES string of the molecule is CC(C)(C)N1CCN(c2ccc(CCl)cc2F)CC1. The molecule has 106 valence electrons. The van der Waals surface area contributed by atoms with Crippen LogP contribution in [-0.4, -0.2) is 36.6 Å². The summed E-state index contributed by atoms with van der Waals surface area (Å²) in [4.78, 5) is 4.56. The molecule has 1 heterocycles. The number of alkyl halides is 1. The summed E-state index contributed by atoms with van der Waals surface area (Å²) in [6.45, 7) is 10.3. The Kier molecular flexibility index (Phi) is 4.36. The third-order valence-electron chi connectivity index (χ3n) is 3.74. The van der Waals surface area contributed by atoms with E-state index in [2.05, 4.69) is 30.6 Å². The van der Waals surface area contributed by atoms with Gasteiger partial charge in [-0.25, -0.2) is 4.39 Å². The van der Waals surface area contributed by atoms with Gasteiger partial charge in [-0.2, -0.15) is 0 Å². The van der Waals surface area contributed by atoms with E-state index in [1.807, 2.05) is 12.1 Å². The number of nitrogens with zero attached hydrogens (tertiary/aromatic N) is 2. The Morgan fingerprint density at radius 2 is 1.79 bits per heavy atom. The van der Waals surface area contributed by atoms with Gasteiger partial charge in [0.1, 0.15) is 5.82 Å². The minimum absolute atomic E-state index is 0.164. The molecule has 2 rings (SSSR count). The van der Waals surface area contributed by atoms with E-state index in [0.29, 0.717) is 11.6 Å². The first-order valence-electron chi connectivity index (χ1n) is 6.76. The maximum absolute atomic E-state index is 14.0. The van der Waals surface area contributed by atoms with Crippen LogP contribution in [-0.2, 0) is 5.88 Å². The predicted octanol–water partition coefficient (Wildman–Crippen LogP) is 3.49. The molecule has 0 aromatic heterocycles. The Labute approximate surface area is 120 Å². The largest absolute Gasteiger partial charge is 0.367 e. The molecular weight excluding hydrogens is 263 g/mol. The predicted molar refractivity (Wildman–Crippen MR) is 79.5 cm³/mol. The van der Waals surface area contributed by atoms with Crippen molar-refractivity contribution in [2.24, 2.45) is 0 Å². The van der Waals surface area contributed by atoms with Crippen molar-refractivity contribution in [3.63, 3.8) is 0 Å². The van der Waals surface area contributed by atoms with Crippen LogP contribution < -0.4 is 4.90 Å². The van der Waals surface area contributed by atoms with Crippen molar-refractivity contribution in [3.05, 3.63) is 29.6 Å². The van der Waals surface area contributed by atoms with Crippen LogP contribution in [0.3, 0.4) is 0 Å². The minimum atomic E-state index is -0.164. The molecular formula is C15H22ClFN2. The van der Waals surface area contributed by atoms with Gasteiger partial charge in [0.2, 0.25) is 0 Å². The summed E-state index contributed by atoms with van der Waals surface area (Å²) >= 11 is 5.72. The molecule has 0 saturated carbocycles. The normalized spacial score (nSPS) is 17.8. The summed E-state index contributed by atoms with van der Waals surface area (Å²) in [5.41, 5.74) is 1.71. The van der Waals surface area contributed by atoms with Crippen molar-refractivity contribution < 1.29 is 4.39 Å². The monoisotopic (exact) mass is 284 g/mol. The molecule has 0 atom stereocenters. The smallest absolute Gasteiger partial charge is 0.146 e. The maximum atomic E-state index is 14.0. The zero-order valence-corrected chi connectivity index (χ0v) is 12.7. The lowest BCUT2D eigenvalue weighted by Crippen LogP contribution is -2.53. The third kappa shape index (κ3) is 3.40. The molecule has 1 aromatic rings. The van der Waals surface area contributed by atoms with Crippen LogP contribution in [0.1, 0.15) is 26.3 Å². The molecule has 0 N–H and O–H groups in total. The van der Waals surface area contributed by atoms with E-state index < -0.39 is 0 Å². The topological polar surface area (TPSA) is 6.48 Å². The average molecular weight is 285 g/mol. The summed E-state index contributed by atoms with van der Waals surface area (Å²) in [5.74, 6) is 0.192. The molecule has 0 spiro atoms. The minimum Gasteiger partial charge on any atom is -0.367 e. The van der Waals surface area contributed by atoms with Gasteiger partial charge in [0.15, 0.2) is 0 Å². The van der Waals surface area contributed by atoms with E-state index in [-0.39, 0.29) is 11.4 Å². The fourth-order valence-electron chi connectivity index (χ4n) is 2.51. The van der Waals surface area contributed by atoms with Gasteiger partial charge in [-0.15, -0.1) is 11.6 Å². The second kappa shape index (κ2) is 5.68. The van der Waals surface area contributed by atoms with Crippen molar-refractivity contribution in [1.29, 1.82) is 0 Å². The van der Waals surface area contributed by atoms with Crippen molar-refractivity contribution in [2.75, 3.05) is 31.1 Å². The second-order valence-electron chi connectivity index (χ2n) is 6.06. The number of hydrogen-bond donors (Lipinski definition) is 0. The van der Waals surface area contributed by atoms with Crippen molar-refractivity contribution in [1.82, 2.24) is 4.90 Å². The van der Waals surface area contributed by atoms with Crippen LogP contribution in [0.15, 0.2) is 18.2 Å². The molecule has 0 aliphatic carbocycles. The summed E-state index contributed by atoms with van der Waals surface area (Å²) in [5, 5.41) is 0. The molecule has 0 bridgehead atoms. The Hall–Kier alpha value is -0.800. The molecule has 1 aliphatic rings. The van der Waals surface area contributed by atoms with Crippen molar-refractivity contribution >= 4 is 17.3 Å². The van der Waals surface area contributed by atoms with Crippen molar-refractivity contribution in [2.45, 2.75) is 32.2 Å². The molecule has 0 radical (unpaired) electrons. The van der Waals surface area contributed by atoms with Gasteiger partial charge < -0.3 is 4.90 Å². The highest BCUT2D eigenvalue weighted by molar-refractivity contribution is 6.17. The summed E-state index contributed by atoms with van der Waals surface area (Å²) in [7, 11) is 0. The number of anilines is 1. The number of benzene rings is 1. The van der Waals surface area contributed by atoms with Gasteiger partial charge >= 0.3 is 0 Å². The maximum Gasteiger partial charge on any atom is 0.146 e. The van der Waals surface area contributed by atoms with Crippen molar-refractivity contribution in [3.8, 4) is 0 Å². The molecule has 2 nitrogen and oxygen atoms in total. The Balaban J connectivity index is 2.06. The summed E-state index contributed by atoms with van der Waals surface area (Å²) in [6.07, 6.45) is 0. The second-order valence-corrected chi connectivity index (χ2v) is 6.33. The Bertz CT molecular complexity index is 434. The highest BCUT2D eigenvalue weighted by Gasteiger charge is 2.26. The zero-order valence-electron chi connectivity index (χ0n) is 11.9. The van der Waals surface area contributed by atoms with E-state index >= 15 is 0 Å². The van der Waals surface area contributed by atoms with Crippen LogP contribution in [0.4, 0.5) is 10.1 Å². The number of halogens is 2. The fraction of sp³-hybridized carbons (Fsp3) is 0.600. The molecule has 1 fully saturated rings. The first kappa shape index (κ1) is 14.6. The van der Waals surface area contributed by atoms with Gasteiger partial charge in [0.25, 0.3) is 0 Å². The van der Waals surface area contributed by atoms with Gasteiger partial charge in [-0.1, -0.05) is 6.07 Å². The average Bonchev–Trinajstić information content (AvgIpc) is 2.37. The molecule has 1 aliphatic heterocycles. The van der Waals surface area contributed by atoms with Crippen LogP contribution in [0, 0.1) is 5.82 Å². The van der Waals surface area contributed by atoms with Crippen LogP contribution >= 0.6 is 11.6 Å². The highest BCUT2D eigenvalue weighted by Crippen LogP contribution is 2.24. The summed E-state index contributed by atoms with van der Waals surface area (Å²) < 4.78 is 14.0. The quantitative estimate of drug-likeness (QED) is 0.767. The lowest BCUT2D eigenvalue weighted by atomic mass is 10.0. The van der Waals surface area contributed by atoms with Gasteiger partial charge in [-0.05, 0) is 38.5 Å². The number of hydrogen-bond acceptors (Lipinski definition) is 2. The zero-order chi connectivity index (χ0) is 14.0. The lowest BCUT2D eigenvalue weighted by Gasteiger charge is -2.43. The van der Waals surface area contributed by atoms with Crippen LogP contribution in [0.2, 0.25) is 0 Å². The van der Waals surface area contributed by atoms with Gasteiger partial charge in [0, 0.05) is 37.6 Å². The molecule has 1 saturated heterocycles. The van der Waals surface area contributed by atoms with Gasteiger partial charge in [-0.3, -0.25) is 4.90 Å². The lowest BCUT2D eigenvalue weighted by molar-refractivity contribution is 0.128. The first-order valence-corrected chi connectivity index (χ1v) is 7.29. The summed E-state index contributed by atoms with van der Waals surface area (Å²) in [6, 6.07) is 5.29.